The number of ether oxygens (including phenoxy) is 1. The molecule has 21 heavy (non-hydrogen) atoms. The Bertz CT molecular complexity index is 488. The molecule has 2 N–H and O–H groups in total. The lowest BCUT2D eigenvalue weighted by Crippen LogP contribution is -2.41. The van der Waals surface area contributed by atoms with Gasteiger partial charge in [0.25, 0.3) is 0 Å². The van der Waals surface area contributed by atoms with E-state index in [0.717, 1.165) is 0 Å². The first-order chi connectivity index (χ1) is 9.65. The highest BCUT2D eigenvalue weighted by molar-refractivity contribution is 6.28. The Morgan fingerprint density at radius 1 is 1.29 bits per heavy atom. The lowest BCUT2D eigenvalue weighted by atomic mass is 10.1. The fourth-order valence-electron chi connectivity index (χ4n) is 1.44. The van der Waals surface area contributed by atoms with Crippen LogP contribution < -0.4 is 15.4 Å². The molecule has 0 aliphatic carbocycles. The van der Waals surface area contributed by atoms with Crippen LogP contribution in [0, 0.1) is 0 Å². The van der Waals surface area contributed by atoms with Crippen LogP contribution in [0.2, 0.25) is 5.28 Å². The molecule has 0 aliphatic rings. The van der Waals surface area contributed by atoms with Crippen molar-refractivity contribution < 1.29 is 9.53 Å². The Labute approximate surface area is 129 Å². The fraction of sp³-hybridized carbons (Fsp3) is 0.692. The number of rotatable bonds is 6. The van der Waals surface area contributed by atoms with Crippen molar-refractivity contribution in [1.29, 1.82) is 0 Å². The van der Waals surface area contributed by atoms with Crippen molar-refractivity contribution in [3.8, 4) is 6.01 Å². The first-order valence-electron chi connectivity index (χ1n) is 6.79. The van der Waals surface area contributed by atoms with Gasteiger partial charge in [-0.2, -0.15) is 15.0 Å². The first kappa shape index (κ1) is 17.4. The number of hydrogen-bond acceptors (Lipinski definition) is 6. The molecule has 8 heteroatoms. The first-order valence-corrected chi connectivity index (χ1v) is 7.16. The molecule has 0 unspecified atom stereocenters. The topological polar surface area (TPSA) is 89.0 Å². The van der Waals surface area contributed by atoms with Crippen LogP contribution in [0.25, 0.3) is 0 Å². The highest BCUT2D eigenvalue weighted by Crippen LogP contribution is 2.12. The van der Waals surface area contributed by atoms with Gasteiger partial charge in [0.2, 0.25) is 17.1 Å². The van der Waals surface area contributed by atoms with Crippen LogP contribution in [-0.4, -0.2) is 39.0 Å². The minimum Gasteiger partial charge on any atom is -0.461 e. The standard InChI is InChI=1S/C13H22ClN5O2/c1-8(2)21-12-17-10(14)16-11(18-12)15-7-6-9(20)19-13(3,4)5/h8H,6-7H2,1-5H3,(H,19,20)(H,15,16,17,18). The molecule has 0 aromatic carbocycles. The van der Waals surface area contributed by atoms with Crippen LogP contribution in [0.5, 0.6) is 6.01 Å². The molecule has 0 aliphatic heterocycles. The molecular weight excluding hydrogens is 294 g/mol. The maximum Gasteiger partial charge on any atom is 0.322 e. The maximum atomic E-state index is 11.7. The van der Waals surface area contributed by atoms with Gasteiger partial charge in [0, 0.05) is 18.5 Å². The van der Waals surface area contributed by atoms with Gasteiger partial charge in [-0.15, -0.1) is 0 Å². The Kier molecular flexibility index (Phi) is 6.14. The number of nitrogens with one attached hydrogen (secondary N) is 2. The van der Waals surface area contributed by atoms with Crippen molar-refractivity contribution in [2.45, 2.75) is 52.7 Å². The second-order valence-corrected chi connectivity index (χ2v) is 6.19. The predicted octanol–water partition coefficient (Wildman–Crippen LogP) is 2.03. The molecule has 0 bridgehead atoms. The number of amides is 1. The van der Waals surface area contributed by atoms with Crippen molar-refractivity contribution in [3.05, 3.63) is 5.28 Å². The van der Waals surface area contributed by atoms with E-state index in [1.807, 2.05) is 34.6 Å². The Balaban J connectivity index is 2.52. The summed E-state index contributed by atoms with van der Waals surface area (Å²) in [5.74, 6) is 0.239. The second kappa shape index (κ2) is 7.40. The van der Waals surface area contributed by atoms with E-state index in [9.17, 15) is 4.79 Å². The summed E-state index contributed by atoms with van der Waals surface area (Å²) in [5, 5.41) is 5.84. The molecule has 1 rings (SSSR count). The third-order valence-electron chi connectivity index (χ3n) is 2.08. The zero-order chi connectivity index (χ0) is 16.0. The Hall–Kier alpha value is -1.63. The molecule has 0 radical (unpaired) electrons. The van der Waals surface area contributed by atoms with Crippen LogP contribution in [-0.2, 0) is 4.79 Å². The molecule has 1 aromatic rings. The maximum absolute atomic E-state index is 11.7. The fourth-order valence-corrected chi connectivity index (χ4v) is 1.60. The number of carbonyl (C=O) groups is 1. The molecule has 1 amide bonds. The third kappa shape index (κ3) is 7.65. The minimum absolute atomic E-state index is 0.0438. The van der Waals surface area contributed by atoms with Crippen LogP contribution in [0.4, 0.5) is 5.95 Å². The molecule has 0 saturated heterocycles. The summed E-state index contributed by atoms with van der Waals surface area (Å²) in [7, 11) is 0. The van der Waals surface area contributed by atoms with Gasteiger partial charge in [0.1, 0.15) is 0 Å². The molecule has 0 saturated carbocycles. The highest BCUT2D eigenvalue weighted by Gasteiger charge is 2.13. The van der Waals surface area contributed by atoms with E-state index in [2.05, 4.69) is 25.6 Å². The SMILES string of the molecule is CC(C)Oc1nc(Cl)nc(NCCC(=O)NC(C)(C)C)n1. The van der Waals surface area contributed by atoms with E-state index in [1.54, 1.807) is 0 Å². The molecule has 7 nitrogen and oxygen atoms in total. The minimum atomic E-state index is -0.244. The smallest absolute Gasteiger partial charge is 0.322 e. The average Bonchev–Trinajstić information content (AvgIpc) is 2.24. The van der Waals surface area contributed by atoms with Gasteiger partial charge in [-0.1, -0.05) is 0 Å². The molecule has 0 atom stereocenters. The second-order valence-electron chi connectivity index (χ2n) is 5.85. The molecule has 1 aromatic heterocycles. The van der Waals surface area contributed by atoms with Crippen molar-refractivity contribution in [2.24, 2.45) is 0 Å². The van der Waals surface area contributed by atoms with E-state index < -0.39 is 0 Å². The number of aromatic nitrogens is 3. The molecule has 0 fully saturated rings. The molecular formula is C13H22ClN5O2. The number of carbonyl (C=O) groups excluding carboxylic acids is 1. The highest BCUT2D eigenvalue weighted by atomic mass is 35.5. The van der Waals surface area contributed by atoms with Crippen molar-refractivity contribution in [1.82, 2.24) is 20.3 Å². The summed E-state index contributed by atoms with van der Waals surface area (Å²) in [6.07, 6.45) is 0.245. The summed E-state index contributed by atoms with van der Waals surface area (Å²) in [5.41, 5.74) is -0.244. The average molecular weight is 316 g/mol. The summed E-state index contributed by atoms with van der Waals surface area (Å²) in [4.78, 5) is 23.5. The van der Waals surface area contributed by atoms with E-state index in [0.29, 0.717) is 13.0 Å². The monoisotopic (exact) mass is 315 g/mol. The van der Waals surface area contributed by atoms with Gasteiger partial charge in [0.05, 0.1) is 6.10 Å². The van der Waals surface area contributed by atoms with Crippen molar-refractivity contribution >= 4 is 23.5 Å². The number of nitrogens with zero attached hydrogens (tertiary/aromatic N) is 3. The van der Waals surface area contributed by atoms with Gasteiger partial charge >= 0.3 is 6.01 Å². The normalized spacial score (nSPS) is 11.4. The summed E-state index contributed by atoms with van der Waals surface area (Å²) in [6.45, 7) is 9.91. The van der Waals surface area contributed by atoms with Crippen LogP contribution in [0.15, 0.2) is 0 Å². The largest absolute Gasteiger partial charge is 0.461 e. The lowest BCUT2D eigenvalue weighted by molar-refractivity contribution is -0.122. The van der Waals surface area contributed by atoms with Gasteiger partial charge < -0.3 is 15.4 Å². The zero-order valence-electron chi connectivity index (χ0n) is 13.0. The Morgan fingerprint density at radius 2 is 1.95 bits per heavy atom. The molecule has 118 valence electrons. The number of hydrogen-bond donors (Lipinski definition) is 2. The quantitative estimate of drug-likeness (QED) is 0.835. The lowest BCUT2D eigenvalue weighted by Gasteiger charge is -2.20. The molecule has 1 heterocycles. The predicted molar refractivity (Wildman–Crippen MR) is 81.6 cm³/mol. The van der Waals surface area contributed by atoms with Crippen molar-refractivity contribution in [3.63, 3.8) is 0 Å². The van der Waals surface area contributed by atoms with E-state index >= 15 is 0 Å². The summed E-state index contributed by atoms with van der Waals surface area (Å²) < 4.78 is 5.36. The van der Waals surface area contributed by atoms with E-state index in [1.165, 1.54) is 0 Å². The van der Waals surface area contributed by atoms with Crippen LogP contribution in [0.1, 0.15) is 41.0 Å². The molecule has 0 spiro atoms. The summed E-state index contributed by atoms with van der Waals surface area (Å²) in [6, 6.07) is 0.159. The van der Waals surface area contributed by atoms with Gasteiger partial charge in [-0.3, -0.25) is 4.79 Å². The number of anilines is 1. The van der Waals surface area contributed by atoms with Gasteiger partial charge in [-0.25, -0.2) is 0 Å². The van der Waals surface area contributed by atoms with Gasteiger partial charge in [0.15, 0.2) is 0 Å². The van der Waals surface area contributed by atoms with E-state index in [-0.39, 0.29) is 34.8 Å². The summed E-state index contributed by atoms with van der Waals surface area (Å²) >= 11 is 5.80. The van der Waals surface area contributed by atoms with E-state index in [4.69, 9.17) is 16.3 Å². The van der Waals surface area contributed by atoms with Gasteiger partial charge in [-0.05, 0) is 46.2 Å². The van der Waals surface area contributed by atoms with Crippen LogP contribution in [0.3, 0.4) is 0 Å². The zero-order valence-corrected chi connectivity index (χ0v) is 13.8. The van der Waals surface area contributed by atoms with Crippen LogP contribution >= 0.6 is 11.6 Å². The van der Waals surface area contributed by atoms with Crippen molar-refractivity contribution in [2.75, 3.05) is 11.9 Å². The number of halogens is 1. The third-order valence-corrected chi connectivity index (χ3v) is 2.25. The Morgan fingerprint density at radius 3 is 2.52 bits per heavy atom.